The Bertz CT molecular complexity index is 1500. The third kappa shape index (κ3) is 4.58. The fraction of sp³-hybridized carbons (Fsp3) is 0.231. The highest BCUT2D eigenvalue weighted by Crippen LogP contribution is 2.31. The van der Waals surface area contributed by atoms with Crippen molar-refractivity contribution in [2.45, 2.75) is 36.8 Å². The number of aromatic nitrogens is 2. The summed E-state index contributed by atoms with van der Waals surface area (Å²) in [5.41, 5.74) is 3.23. The SMILES string of the molecule is N#Cc1ccc(-c2ccnc(CCC(=O)[C@@H]3CCCN3S(=O)(=O)c3cc4ccccc4o3)c2)nc1. The van der Waals surface area contributed by atoms with E-state index in [4.69, 9.17) is 9.68 Å². The second-order valence-corrected chi connectivity index (χ2v) is 10.2. The number of Topliss-reactive ketones (excluding diaryl/α,β-unsaturated/α-hetero) is 1. The van der Waals surface area contributed by atoms with E-state index >= 15 is 0 Å². The number of benzene rings is 1. The van der Waals surface area contributed by atoms with Gasteiger partial charge in [-0.2, -0.15) is 9.57 Å². The Kier molecular flexibility index (Phi) is 6.16. The number of rotatable bonds is 7. The average Bonchev–Trinajstić information content (AvgIpc) is 3.56. The molecule has 0 radical (unpaired) electrons. The van der Waals surface area contributed by atoms with Crippen LogP contribution in [0.3, 0.4) is 0 Å². The zero-order chi connectivity index (χ0) is 24.4. The first kappa shape index (κ1) is 22.9. The molecule has 1 saturated heterocycles. The number of pyridine rings is 2. The van der Waals surface area contributed by atoms with Gasteiger partial charge in [-0.15, -0.1) is 0 Å². The fourth-order valence-corrected chi connectivity index (χ4v) is 6.00. The lowest BCUT2D eigenvalue weighted by atomic mass is 10.0. The van der Waals surface area contributed by atoms with Crippen molar-refractivity contribution in [1.29, 1.82) is 5.26 Å². The molecule has 4 heterocycles. The van der Waals surface area contributed by atoms with Gasteiger partial charge in [0.05, 0.1) is 17.3 Å². The molecule has 1 fully saturated rings. The van der Waals surface area contributed by atoms with Crippen molar-refractivity contribution < 1.29 is 17.6 Å². The summed E-state index contributed by atoms with van der Waals surface area (Å²) >= 11 is 0. The summed E-state index contributed by atoms with van der Waals surface area (Å²) in [5.74, 6) is -0.133. The molecule has 4 aromatic rings. The number of nitrogens with zero attached hydrogens (tertiary/aromatic N) is 4. The van der Waals surface area contributed by atoms with Crippen LogP contribution in [0.2, 0.25) is 0 Å². The number of carbonyl (C=O) groups is 1. The van der Waals surface area contributed by atoms with Gasteiger partial charge in [0, 0.05) is 48.1 Å². The Hall–Kier alpha value is -3.87. The smallest absolute Gasteiger partial charge is 0.277 e. The van der Waals surface area contributed by atoms with Crippen molar-refractivity contribution in [3.63, 3.8) is 0 Å². The Morgan fingerprint density at radius 3 is 2.77 bits per heavy atom. The standard InChI is InChI=1S/C26H22N4O4S/c27-16-18-7-9-22(29-17-18)19-11-12-28-21(14-19)8-10-24(31)23-5-3-13-30(23)35(32,33)26-15-20-4-1-2-6-25(20)34-26/h1-2,4,6-7,9,11-12,14-15,17,23H,3,5,8,10,13H2/t23-/m0/s1. The van der Waals surface area contributed by atoms with Gasteiger partial charge >= 0.3 is 0 Å². The summed E-state index contributed by atoms with van der Waals surface area (Å²) in [6, 6.07) is 17.1. The van der Waals surface area contributed by atoms with E-state index in [1.165, 1.54) is 16.6 Å². The molecule has 0 saturated carbocycles. The van der Waals surface area contributed by atoms with Gasteiger partial charge in [0.1, 0.15) is 11.7 Å². The quantitative estimate of drug-likeness (QED) is 0.386. The number of sulfonamides is 1. The molecule has 0 amide bonds. The topological polar surface area (TPSA) is 117 Å². The van der Waals surface area contributed by atoms with E-state index < -0.39 is 16.1 Å². The Morgan fingerprint density at radius 1 is 1.14 bits per heavy atom. The van der Waals surface area contributed by atoms with Gasteiger partial charge < -0.3 is 4.42 Å². The van der Waals surface area contributed by atoms with Gasteiger partial charge in [0.25, 0.3) is 10.0 Å². The predicted molar refractivity (Wildman–Crippen MR) is 129 cm³/mol. The lowest BCUT2D eigenvalue weighted by Crippen LogP contribution is -2.40. The highest BCUT2D eigenvalue weighted by Gasteiger charge is 2.40. The van der Waals surface area contributed by atoms with Crippen LogP contribution in [0.5, 0.6) is 0 Å². The molecular formula is C26H22N4O4S. The fourth-order valence-electron chi connectivity index (χ4n) is 4.37. The van der Waals surface area contributed by atoms with Crippen LogP contribution in [0.15, 0.2) is 76.5 Å². The minimum atomic E-state index is -3.93. The third-order valence-corrected chi connectivity index (χ3v) is 7.94. The van der Waals surface area contributed by atoms with Crippen LogP contribution in [0.4, 0.5) is 0 Å². The van der Waals surface area contributed by atoms with E-state index in [9.17, 15) is 13.2 Å². The van der Waals surface area contributed by atoms with Crippen molar-refractivity contribution in [2.75, 3.05) is 6.54 Å². The summed E-state index contributed by atoms with van der Waals surface area (Å²) in [5, 5.41) is 9.51. The first-order valence-corrected chi connectivity index (χ1v) is 12.7. The van der Waals surface area contributed by atoms with E-state index in [0.29, 0.717) is 47.2 Å². The lowest BCUT2D eigenvalue weighted by Gasteiger charge is -2.21. The molecule has 35 heavy (non-hydrogen) atoms. The highest BCUT2D eigenvalue weighted by molar-refractivity contribution is 7.89. The van der Waals surface area contributed by atoms with E-state index in [2.05, 4.69) is 9.97 Å². The number of ketones is 1. The molecular weight excluding hydrogens is 464 g/mol. The number of para-hydroxylation sites is 1. The average molecular weight is 487 g/mol. The minimum absolute atomic E-state index is 0.133. The summed E-state index contributed by atoms with van der Waals surface area (Å²) in [7, 11) is -3.93. The molecule has 0 spiro atoms. The number of aryl methyl sites for hydroxylation is 1. The van der Waals surface area contributed by atoms with Crippen molar-refractivity contribution in [1.82, 2.24) is 14.3 Å². The summed E-state index contributed by atoms with van der Waals surface area (Å²) in [4.78, 5) is 21.8. The second kappa shape index (κ2) is 9.41. The maximum Gasteiger partial charge on any atom is 0.277 e. The van der Waals surface area contributed by atoms with Crippen molar-refractivity contribution in [2.24, 2.45) is 0 Å². The van der Waals surface area contributed by atoms with Gasteiger partial charge in [0.2, 0.25) is 5.09 Å². The van der Waals surface area contributed by atoms with E-state index in [-0.39, 0.29) is 23.8 Å². The lowest BCUT2D eigenvalue weighted by molar-refractivity contribution is -0.122. The van der Waals surface area contributed by atoms with Crippen LogP contribution in [-0.2, 0) is 21.2 Å². The zero-order valence-electron chi connectivity index (χ0n) is 18.8. The van der Waals surface area contributed by atoms with Crippen LogP contribution in [0.1, 0.15) is 30.5 Å². The number of fused-ring (bicyclic) bond motifs is 1. The Balaban J connectivity index is 1.29. The van der Waals surface area contributed by atoms with Crippen molar-refractivity contribution in [3.8, 4) is 17.3 Å². The van der Waals surface area contributed by atoms with Gasteiger partial charge in [-0.05, 0) is 49.6 Å². The molecule has 3 aromatic heterocycles. The van der Waals surface area contributed by atoms with E-state index in [1.54, 1.807) is 36.5 Å². The van der Waals surface area contributed by atoms with Crippen LogP contribution in [0.25, 0.3) is 22.2 Å². The van der Waals surface area contributed by atoms with Crippen molar-refractivity contribution in [3.05, 3.63) is 78.2 Å². The van der Waals surface area contributed by atoms with Gasteiger partial charge in [-0.3, -0.25) is 14.8 Å². The normalized spacial score (nSPS) is 16.4. The maximum atomic E-state index is 13.3. The third-order valence-electron chi connectivity index (χ3n) is 6.17. The Labute approximate surface area is 202 Å². The van der Waals surface area contributed by atoms with Gasteiger partial charge in [-0.25, -0.2) is 8.42 Å². The van der Waals surface area contributed by atoms with Crippen LogP contribution < -0.4 is 0 Å². The van der Waals surface area contributed by atoms with Gasteiger partial charge in [0.15, 0.2) is 5.78 Å². The highest BCUT2D eigenvalue weighted by atomic mass is 32.2. The molecule has 5 rings (SSSR count). The van der Waals surface area contributed by atoms with Crippen molar-refractivity contribution >= 4 is 26.8 Å². The predicted octanol–water partition coefficient (Wildman–Crippen LogP) is 4.12. The molecule has 1 aliphatic rings. The Morgan fingerprint density at radius 2 is 2.00 bits per heavy atom. The molecule has 9 heteroatoms. The van der Waals surface area contributed by atoms with Crippen LogP contribution >= 0.6 is 0 Å². The largest absolute Gasteiger partial charge is 0.443 e. The molecule has 0 unspecified atom stereocenters. The maximum absolute atomic E-state index is 13.3. The first-order chi connectivity index (χ1) is 17.0. The first-order valence-electron chi connectivity index (χ1n) is 11.3. The molecule has 1 aliphatic heterocycles. The zero-order valence-corrected chi connectivity index (χ0v) is 19.6. The number of hydrogen-bond acceptors (Lipinski definition) is 7. The molecule has 8 nitrogen and oxygen atoms in total. The van der Waals surface area contributed by atoms with E-state index in [0.717, 1.165) is 5.56 Å². The monoisotopic (exact) mass is 486 g/mol. The molecule has 0 N–H and O–H groups in total. The molecule has 0 aliphatic carbocycles. The summed E-state index contributed by atoms with van der Waals surface area (Å²) in [6.45, 7) is 0.286. The summed E-state index contributed by atoms with van der Waals surface area (Å²) < 4.78 is 33.4. The number of carbonyl (C=O) groups excluding carboxylic acids is 1. The number of furan rings is 1. The molecule has 1 aromatic carbocycles. The van der Waals surface area contributed by atoms with Crippen LogP contribution in [0, 0.1) is 11.3 Å². The molecule has 176 valence electrons. The van der Waals surface area contributed by atoms with E-state index in [1.807, 2.05) is 24.3 Å². The summed E-state index contributed by atoms with van der Waals surface area (Å²) in [6.07, 6.45) is 4.83. The molecule has 0 bridgehead atoms. The minimum Gasteiger partial charge on any atom is -0.443 e. The van der Waals surface area contributed by atoms with Gasteiger partial charge in [-0.1, -0.05) is 18.2 Å². The van der Waals surface area contributed by atoms with Crippen LogP contribution in [-0.4, -0.2) is 41.1 Å². The second-order valence-electron chi connectivity index (χ2n) is 8.42. The number of hydrogen-bond donors (Lipinski definition) is 0. The number of nitriles is 1. The molecule has 1 atom stereocenters.